The second-order valence-electron chi connectivity index (χ2n) is 4.36. The average Bonchev–Trinajstić information content (AvgIpc) is 3.02. The van der Waals surface area contributed by atoms with Crippen LogP contribution < -0.4 is 24.8 Å². The van der Waals surface area contributed by atoms with Crippen molar-refractivity contribution in [3.05, 3.63) is 47.6 Å². The quantitative estimate of drug-likeness (QED) is 0.435. The summed E-state index contributed by atoms with van der Waals surface area (Å²) in [4.78, 5) is 0. The minimum Gasteiger partial charge on any atom is -1.00 e. The van der Waals surface area contributed by atoms with Gasteiger partial charge in [-0.1, -0.05) is 26.7 Å². The molecule has 0 aromatic rings. The van der Waals surface area contributed by atoms with Crippen LogP contribution in [0.25, 0.3) is 0 Å². The number of hydrogen-bond acceptors (Lipinski definition) is 0. The molecule has 0 saturated carbocycles. The molecule has 0 fully saturated rings. The SMILES string of the molecule is CCC1=C(CC)C[C-]=C1.C[Si](C)=[Ti+2].[C-]1=CC=CC1.[Cl-].[Cl-]. The standard InChI is InChI=1S/C9H13.C5H5.C2H6Si.2ClH.Ti/c1-3-8-6-5-7-9(8)4-2;1-2-4-5-3-1;1-3-2;;;/h6H,3-4,7H2,1-2H3;1-3H,4H2;1-2H3;2*1H;/q2*-1;;;;+2/p-2. The molecule has 2 aliphatic carbocycles. The first-order chi connectivity index (χ1) is 8.61. The van der Waals surface area contributed by atoms with Crippen molar-refractivity contribution in [1.82, 2.24) is 0 Å². The summed E-state index contributed by atoms with van der Waals surface area (Å²) in [6, 6.07) is 0. The normalized spacial score (nSPS) is 13.7. The van der Waals surface area contributed by atoms with E-state index in [1.165, 1.54) is 18.4 Å². The molecule has 0 spiro atoms. The Kier molecular flexibility index (Phi) is 22.3. The van der Waals surface area contributed by atoms with Gasteiger partial charge in [-0.2, -0.15) is 17.2 Å². The van der Waals surface area contributed by atoms with Crippen molar-refractivity contribution in [3.8, 4) is 0 Å². The van der Waals surface area contributed by atoms with Crippen LogP contribution >= 0.6 is 0 Å². The summed E-state index contributed by atoms with van der Waals surface area (Å²) in [6.45, 7) is 8.95. The first-order valence-corrected chi connectivity index (χ1v) is 11.5. The molecule has 0 N–H and O–H groups in total. The van der Waals surface area contributed by atoms with Gasteiger partial charge >= 0.3 is 38.5 Å². The molecule has 0 atom stereocenters. The molecular weight excluding hydrogens is 339 g/mol. The predicted octanol–water partition coefficient (Wildman–Crippen LogP) is -1.04. The van der Waals surface area contributed by atoms with Crippen LogP contribution in [-0.4, -0.2) is 6.19 Å². The molecule has 0 aromatic carbocycles. The molecule has 0 aromatic heterocycles. The van der Waals surface area contributed by atoms with Crippen molar-refractivity contribution < 1.29 is 44.0 Å². The molecule has 4 heteroatoms. The van der Waals surface area contributed by atoms with Crippen LogP contribution in [-0.2, 0) is 19.2 Å². The zero-order chi connectivity index (χ0) is 13.8. The van der Waals surface area contributed by atoms with Gasteiger partial charge in [-0.3, -0.25) is 12.2 Å². The number of halogens is 2. The molecule has 0 amide bonds. The fourth-order valence-corrected chi connectivity index (χ4v) is 1.56. The second-order valence-corrected chi connectivity index (χ2v) is 11.0. The van der Waals surface area contributed by atoms with E-state index in [-0.39, 0.29) is 31.0 Å². The fraction of sp³-hybridized carbons (Fsp3) is 0.500. The summed E-state index contributed by atoms with van der Waals surface area (Å²) >= 11 is 2.27. The average molecular weight is 363 g/mol. The number of rotatable bonds is 2. The summed E-state index contributed by atoms with van der Waals surface area (Å²) < 4.78 is 0. The van der Waals surface area contributed by atoms with Crippen molar-refractivity contribution in [3.63, 3.8) is 0 Å². The van der Waals surface area contributed by atoms with Gasteiger partial charge in [0.2, 0.25) is 0 Å². The Hall–Kier alpha value is 0.471. The van der Waals surface area contributed by atoms with Crippen molar-refractivity contribution in [1.29, 1.82) is 0 Å². The van der Waals surface area contributed by atoms with Gasteiger partial charge in [-0.15, -0.1) is 12.8 Å². The van der Waals surface area contributed by atoms with Gasteiger partial charge in [0.05, 0.1) is 0 Å². The minimum absolute atomic E-state index is 0. The topological polar surface area (TPSA) is 0 Å². The predicted molar refractivity (Wildman–Crippen MR) is 79.1 cm³/mol. The van der Waals surface area contributed by atoms with Crippen LogP contribution in [0.5, 0.6) is 0 Å². The van der Waals surface area contributed by atoms with E-state index in [0.717, 1.165) is 12.8 Å². The smallest absolute Gasteiger partial charge is 0.109 e. The summed E-state index contributed by atoms with van der Waals surface area (Å²) in [7, 11) is 0. The third kappa shape index (κ3) is 14.9. The molecule has 0 nitrogen and oxygen atoms in total. The Morgan fingerprint density at radius 2 is 1.75 bits per heavy atom. The van der Waals surface area contributed by atoms with E-state index in [0.29, 0.717) is 0 Å². The number of hydrogen-bond donors (Lipinski definition) is 0. The zero-order valence-corrected chi connectivity index (χ0v) is 17.0. The maximum atomic E-state index is 3.23. The van der Waals surface area contributed by atoms with E-state index in [4.69, 9.17) is 0 Å². The first kappa shape index (κ1) is 25.4. The Morgan fingerprint density at radius 3 is 2.00 bits per heavy atom. The molecular formula is C16H24Cl2SiTi-2. The van der Waals surface area contributed by atoms with E-state index in [9.17, 15) is 0 Å². The maximum absolute atomic E-state index is 3.23. The van der Waals surface area contributed by atoms with E-state index in [1.54, 1.807) is 5.57 Å². The molecule has 0 heterocycles. The van der Waals surface area contributed by atoms with E-state index < -0.39 is 0 Å². The Morgan fingerprint density at radius 1 is 1.15 bits per heavy atom. The summed E-state index contributed by atoms with van der Waals surface area (Å²) in [6.07, 6.45) is 18.9. The molecule has 0 radical (unpaired) electrons. The molecule has 0 bridgehead atoms. The van der Waals surface area contributed by atoms with E-state index in [1.807, 2.05) is 12.2 Å². The maximum Gasteiger partial charge on any atom is -0.109 e. The third-order valence-corrected chi connectivity index (χ3v) is 2.44. The largest absolute Gasteiger partial charge is 1.00 e. The fourth-order valence-electron chi connectivity index (χ4n) is 1.56. The second kappa shape index (κ2) is 17.5. The molecule has 2 aliphatic rings. The van der Waals surface area contributed by atoms with Gasteiger partial charge in [0, 0.05) is 0 Å². The van der Waals surface area contributed by atoms with E-state index >= 15 is 0 Å². The Labute approximate surface area is 149 Å². The molecule has 112 valence electrons. The van der Waals surface area contributed by atoms with Gasteiger partial charge in [-0.25, -0.2) is 18.2 Å². The van der Waals surface area contributed by atoms with Crippen LogP contribution in [0.3, 0.4) is 0 Å². The van der Waals surface area contributed by atoms with Gasteiger partial charge in [-0.05, 0) is 0 Å². The van der Waals surface area contributed by atoms with Gasteiger partial charge in [0.1, 0.15) is 0 Å². The molecule has 0 saturated heterocycles. The van der Waals surface area contributed by atoms with Crippen molar-refractivity contribution >= 4 is 6.19 Å². The summed E-state index contributed by atoms with van der Waals surface area (Å²) in [5.41, 5.74) is 3.09. The Balaban J connectivity index is -0.000000228. The van der Waals surface area contributed by atoms with Crippen LogP contribution in [0.1, 0.15) is 39.5 Å². The molecule has 0 unspecified atom stereocenters. The van der Waals surface area contributed by atoms with Crippen LogP contribution in [0.2, 0.25) is 13.1 Å². The van der Waals surface area contributed by atoms with Gasteiger partial charge in [0.25, 0.3) is 0 Å². The third-order valence-electron chi connectivity index (χ3n) is 2.44. The van der Waals surface area contributed by atoms with Crippen LogP contribution in [0.15, 0.2) is 35.5 Å². The molecule has 0 aliphatic heterocycles. The molecule has 20 heavy (non-hydrogen) atoms. The van der Waals surface area contributed by atoms with Crippen LogP contribution in [0, 0.1) is 12.2 Å². The van der Waals surface area contributed by atoms with Gasteiger partial charge in [0.15, 0.2) is 0 Å². The van der Waals surface area contributed by atoms with Crippen molar-refractivity contribution in [2.24, 2.45) is 0 Å². The van der Waals surface area contributed by atoms with Crippen molar-refractivity contribution in [2.45, 2.75) is 52.6 Å². The summed E-state index contributed by atoms with van der Waals surface area (Å²) in [5.74, 6) is 0. The first-order valence-electron chi connectivity index (χ1n) is 6.62. The number of allylic oxidation sites excluding steroid dienone is 8. The Bertz CT molecular complexity index is 355. The zero-order valence-electron chi connectivity index (χ0n) is 12.9. The van der Waals surface area contributed by atoms with Crippen LogP contribution in [0.4, 0.5) is 0 Å². The van der Waals surface area contributed by atoms with Gasteiger partial charge < -0.3 is 24.8 Å². The summed E-state index contributed by atoms with van der Waals surface area (Å²) in [5, 5.41) is 0. The minimum atomic E-state index is 0. The monoisotopic (exact) mass is 362 g/mol. The van der Waals surface area contributed by atoms with Crippen molar-refractivity contribution in [2.75, 3.05) is 0 Å². The van der Waals surface area contributed by atoms with E-state index in [2.05, 4.69) is 70.4 Å². The molecule has 2 rings (SSSR count).